The average molecular weight is 394 g/mol. The van der Waals surface area contributed by atoms with Crippen molar-refractivity contribution >= 4 is 17.5 Å². The standard InChI is InChI=1S/C22H23FN4O2/c1-3-29-19-10-8-18(9-11-19)26-21(28)20-14-15(2)25-22(27-20)24-13-12-16-4-6-17(23)7-5-16/h4-11,14H,3,12-13H2,1-2H3,(H,26,28)(H,24,25,27). The zero-order valence-electron chi connectivity index (χ0n) is 16.4. The van der Waals surface area contributed by atoms with Crippen molar-refractivity contribution in [2.24, 2.45) is 0 Å². The highest BCUT2D eigenvalue weighted by molar-refractivity contribution is 6.03. The summed E-state index contributed by atoms with van der Waals surface area (Å²) < 4.78 is 18.4. The van der Waals surface area contributed by atoms with Crippen LogP contribution in [0.2, 0.25) is 0 Å². The van der Waals surface area contributed by atoms with Crippen LogP contribution < -0.4 is 15.4 Å². The van der Waals surface area contributed by atoms with Crippen molar-refractivity contribution in [1.82, 2.24) is 9.97 Å². The molecule has 0 saturated carbocycles. The van der Waals surface area contributed by atoms with Crippen LogP contribution in [0.1, 0.15) is 28.7 Å². The molecule has 0 radical (unpaired) electrons. The average Bonchev–Trinajstić information content (AvgIpc) is 2.71. The molecule has 0 aliphatic rings. The van der Waals surface area contributed by atoms with Crippen LogP contribution in [-0.4, -0.2) is 29.0 Å². The van der Waals surface area contributed by atoms with Crippen LogP contribution in [0.4, 0.5) is 16.0 Å². The van der Waals surface area contributed by atoms with Gasteiger partial charge in [0.25, 0.3) is 5.91 Å². The van der Waals surface area contributed by atoms with E-state index < -0.39 is 0 Å². The molecule has 2 aromatic carbocycles. The Labute approximate surface area is 169 Å². The van der Waals surface area contributed by atoms with E-state index in [2.05, 4.69) is 20.6 Å². The molecule has 1 heterocycles. The Morgan fingerprint density at radius 3 is 2.48 bits per heavy atom. The number of hydrogen-bond acceptors (Lipinski definition) is 5. The number of carbonyl (C=O) groups is 1. The molecule has 1 aromatic heterocycles. The van der Waals surface area contributed by atoms with Crippen molar-refractivity contribution in [3.8, 4) is 5.75 Å². The van der Waals surface area contributed by atoms with Gasteiger partial charge in [0.05, 0.1) is 6.61 Å². The van der Waals surface area contributed by atoms with Crippen molar-refractivity contribution < 1.29 is 13.9 Å². The van der Waals surface area contributed by atoms with Gasteiger partial charge >= 0.3 is 0 Å². The number of aromatic nitrogens is 2. The van der Waals surface area contributed by atoms with Crippen LogP contribution in [0.3, 0.4) is 0 Å². The minimum absolute atomic E-state index is 0.257. The topological polar surface area (TPSA) is 76.1 Å². The molecule has 0 unspecified atom stereocenters. The third kappa shape index (κ3) is 6.00. The molecule has 0 aliphatic carbocycles. The third-order valence-corrected chi connectivity index (χ3v) is 4.12. The lowest BCUT2D eigenvalue weighted by atomic mass is 10.1. The number of aryl methyl sites for hydroxylation is 1. The molecule has 2 N–H and O–H groups in total. The molecule has 0 bridgehead atoms. The first-order valence-corrected chi connectivity index (χ1v) is 9.41. The van der Waals surface area contributed by atoms with Crippen molar-refractivity contribution in [1.29, 1.82) is 0 Å². The number of nitrogens with zero attached hydrogens (tertiary/aromatic N) is 2. The fourth-order valence-electron chi connectivity index (χ4n) is 2.73. The predicted molar refractivity (Wildman–Crippen MR) is 111 cm³/mol. The molecule has 29 heavy (non-hydrogen) atoms. The molecule has 0 spiro atoms. The summed E-state index contributed by atoms with van der Waals surface area (Å²) in [6.07, 6.45) is 0.686. The normalized spacial score (nSPS) is 10.4. The first-order chi connectivity index (χ1) is 14.0. The van der Waals surface area contributed by atoms with Crippen molar-refractivity contribution in [2.75, 3.05) is 23.8 Å². The SMILES string of the molecule is CCOc1ccc(NC(=O)c2cc(C)nc(NCCc3ccc(F)cc3)n2)cc1. The molecule has 0 saturated heterocycles. The zero-order valence-corrected chi connectivity index (χ0v) is 16.4. The maximum absolute atomic E-state index is 13.0. The second-order valence-electron chi connectivity index (χ2n) is 6.43. The lowest BCUT2D eigenvalue weighted by molar-refractivity contribution is 0.102. The number of rotatable bonds is 8. The van der Waals surface area contributed by atoms with Crippen LogP contribution in [-0.2, 0) is 6.42 Å². The largest absolute Gasteiger partial charge is 0.494 e. The van der Waals surface area contributed by atoms with E-state index in [1.54, 1.807) is 49.4 Å². The first kappa shape index (κ1) is 20.3. The minimum atomic E-state index is -0.318. The Morgan fingerprint density at radius 1 is 1.07 bits per heavy atom. The summed E-state index contributed by atoms with van der Waals surface area (Å²) in [6, 6.07) is 15.1. The molecule has 7 heteroatoms. The smallest absolute Gasteiger partial charge is 0.274 e. The Morgan fingerprint density at radius 2 is 1.79 bits per heavy atom. The number of halogens is 1. The number of amides is 1. The van der Waals surface area contributed by atoms with Crippen LogP contribution >= 0.6 is 0 Å². The highest BCUT2D eigenvalue weighted by Gasteiger charge is 2.11. The van der Waals surface area contributed by atoms with Crippen LogP contribution in [0.5, 0.6) is 5.75 Å². The number of carbonyl (C=O) groups excluding carboxylic acids is 1. The van der Waals surface area contributed by atoms with Crippen LogP contribution in [0, 0.1) is 12.7 Å². The van der Waals surface area contributed by atoms with E-state index in [9.17, 15) is 9.18 Å². The van der Waals surface area contributed by atoms with Gasteiger partial charge in [0.1, 0.15) is 17.3 Å². The van der Waals surface area contributed by atoms with Gasteiger partial charge in [-0.1, -0.05) is 12.1 Å². The lowest BCUT2D eigenvalue weighted by Crippen LogP contribution is -2.17. The highest BCUT2D eigenvalue weighted by Crippen LogP contribution is 2.16. The molecule has 3 aromatic rings. The van der Waals surface area contributed by atoms with Crippen LogP contribution in [0.25, 0.3) is 0 Å². The molecule has 0 fully saturated rings. The van der Waals surface area contributed by atoms with Gasteiger partial charge in [-0.25, -0.2) is 14.4 Å². The number of hydrogen-bond donors (Lipinski definition) is 2. The Hall–Kier alpha value is -3.48. The quantitative estimate of drug-likeness (QED) is 0.598. The van der Waals surface area contributed by atoms with E-state index in [-0.39, 0.29) is 17.4 Å². The van der Waals surface area contributed by atoms with Gasteiger partial charge in [0, 0.05) is 17.9 Å². The molecule has 6 nitrogen and oxygen atoms in total. The van der Waals surface area contributed by atoms with Crippen molar-refractivity contribution in [3.05, 3.63) is 77.4 Å². The maximum atomic E-state index is 13.0. The van der Waals surface area contributed by atoms with Gasteiger partial charge in [-0.15, -0.1) is 0 Å². The maximum Gasteiger partial charge on any atom is 0.274 e. The molecular formula is C22H23FN4O2. The summed E-state index contributed by atoms with van der Waals surface area (Å²) in [5.41, 5.74) is 2.61. The Kier molecular flexibility index (Phi) is 6.73. The molecule has 1 amide bonds. The van der Waals surface area contributed by atoms with E-state index in [0.29, 0.717) is 36.9 Å². The fourth-order valence-corrected chi connectivity index (χ4v) is 2.73. The first-order valence-electron chi connectivity index (χ1n) is 9.41. The number of anilines is 2. The number of benzene rings is 2. The summed E-state index contributed by atoms with van der Waals surface area (Å²) in [6.45, 7) is 4.87. The predicted octanol–water partition coefficient (Wildman–Crippen LogP) is 4.23. The van der Waals surface area contributed by atoms with Gasteiger partial charge in [-0.3, -0.25) is 4.79 Å². The summed E-state index contributed by atoms with van der Waals surface area (Å²) in [4.78, 5) is 21.2. The number of nitrogens with one attached hydrogen (secondary N) is 2. The second kappa shape index (κ2) is 9.64. The van der Waals surface area contributed by atoms with E-state index in [0.717, 1.165) is 11.3 Å². The molecule has 3 rings (SSSR count). The highest BCUT2D eigenvalue weighted by atomic mass is 19.1. The van der Waals surface area contributed by atoms with E-state index in [4.69, 9.17) is 4.74 Å². The van der Waals surface area contributed by atoms with Crippen molar-refractivity contribution in [3.63, 3.8) is 0 Å². The second-order valence-corrected chi connectivity index (χ2v) is 6.43. The van der Waals surface area contributed by atoms with E-state index >= 15 is 0 Å². The molecular weight excluding hydrogens is 371 g/mol. The lowest BCUT2D eigenvalue weighted by Gasteiger charge is -2.10. The summed E-state index contributed by atoms with van der Waals surface area (Å²) in [7, 11) is 0. The van der Waals surface area contributed by atoms with E-state index in [1.165, 1.54) is 12.1 Å². The fraction of sp³-hybridized carbons (Fsp3) is 0.227. The summed E-state index contributed by atoms with van der Waals surface area (Å²) in [5, 5.41) is 5.94. The summed E-state index contributed by atoms with van der Waals surface area (Å²) >= 11 is 0. The van der Waals surface area contributed by atoms with Gasteiger partial charge in [0.15, 0.2) is 0 Å². The third-order valence-electron chi connectivity index (χ3n) is 4.12. The Balaban J connectivity index is 1.61. The zero-order chi connectivity index (χ0) is 20.6. The summed E-state index contributed by atoms with van der Waals surface area (Å²) in [5.74, 6) is 0.549. The van der Waals surface area contributed by atoms with Gasteiger partial charge in [-0.2, -0.15) is 0 Å². The van der Waals surface area contributed by atoms with Crippen LogP contribution in [0.15, 0.2) is 54.6 Å². The molecule has 150 valence electrons. The molecule has 0 atom stereocenters. The minimum Gasteiger partial charge on any atom is -0.494 e. The number of ether oxygens (including phenoxy) is 1. The van der Waals surface area contributed by atoms with Gasteiger partial charge in [0.2, 0.25) is 5.95 Å². The van der Waals surface area contributed by atoms with Gasteiger partial charge < -0.3 is 15.4 Å². The van der Waals surface area contributed by atoms with Crippen molar-refractivity contribution in [2.45, 2.75) is 20.3 Å². The molecule has 0 aliphatic heterocycles. The Bertz CT molecular complexity index is 960. The monoisotopic (exact) mass is 394 g/mol. The van der Waals surface area contributed by atoms with E-state index in [1.807, 2.05) is 6.92 Å². The van der Waals surface area contributed by atoms with Gasteiger partial charge in [-0.05, 0) is 68.3 Å².